The van der Waals surface area contributed by atoms with Crippen LogP contribution in [-0.4, -0.2) is 21.4 Å². The summed E-state index contributed by atoms with van der Waals surface area (Å²) in [6.07, 6.45) is 0. The molecule has 0 spiro atoms. The van der Waals surface area contributed by atoms with Crippen molar-refractivity contribution < 1.29 is 4.79 Å². The molecule has 2 aromatic rings. The highest BCUT2D eigenvalue weighted by molar-refractivity contribution is 8.01. The Morgan fingerprint density at radius 3 is 2.60 bits per heavy atom. The summed E-state index contributed by atoms with van der Waals surface area (Å²) in [4.78, 5) is 12.0. The number of rotatable bonds is 1. The molecule has 1 aliphatic heterocycles. The maximum absolute atomic E-state index is 12.0. The number of benzene rings is 1. The minimum absolute atomic E-state index is 0.0114. The van der Waals surface area contributed by atoms with E-state index in [4.69, 9.17) is 0 Å². The Hall–Kier alpha value is -1.75. The molecule has 2 heterocycles. The van der Waals surface area contributed by atoms with Crippen molar-refractivity contribution in [3.63, 3.8) is 0 Å². The number of aromatic nitrogens is 2. The zero-order valence-corrected chi connectivity index (χ0v) is 12.5. The van der Waals surface area contributed by atoms with Gasteiger partial charge in [0.2, 0.25) is 5.91 Å². The number of amides is 1. The predicted octanol–water partition coefficient (Wildman–Crippen LogP) is 3.19. The van der Waals surface area contributed by atoms with Gasteiger partial charge in [-0.25, -0.2) is 0 Å². The van der Waals surface area contributed by atoms with Gasteiger partial charge < -0.3 is 5.32 Å². The number of aromatic amines is 1. The van der Waals surface area contributed by atoms with Gasteiger partial charge in [0, 0.05) is 11.3 Å². The van der Waals surface area contributed by atoms with E-state index < -0.39 is 0 Å². The van der Waals surface area contributed by atoms with E-state index in [1.807, 2.05) is 13.8 Å². The number of hydrogen-bond acceptors (Lipinski definition) is 3. The van der Waals surface area contributed by atoms with Crippen molar-refractivity contribution >= 4 is 23.5 Å². The molecule has 0 fully saturated rings. The van der Waals surface area contributed by atoms with Gasteiger partial charge in [0.15, 0.2) is 5.82 Å². The number of fused-ring (bicyclic) bond motifs is 1. The highest BCUT2D eigenvalue weighted by Gasteiger charge is 2.31. The summed E-state index contributed by atoms with van der Waals surface area (Å²) < 4.78 is 0. The molecule has 0 unspecified atom stereocenters. The van der Waals surface area contributed by atoms with Gasteiger partial charge in [-0.05, 0) is 26.3 Å². The van der Waals surface area contributed by atoms with Crippen molar-refractivity contribution in [3.8, 4) is 0 Å². The molecule has 1 aliphatic rings. The van der Waals surface area contributed by atoms with Crippen molar-refractivity contribution in [2.75, 3.05) is 5.32 Å². The molecular formula is C15H17N3OS. The number of aryl methyl sites for hydroxylation is 2. The third-order valence-corrected chi connectivity index (χ3v) is 4.99. The average molecular weight is 287 g/mol. The molecular weight excluding hydrogens is 270 g/mol. The van der Waals surface area contributed by atoms with Crippen molar-refractivity contribution in [3.05, 3.63) is 46.6 Å². The fourth-order valence-corrected chi connectivity index (χ4v) is 3.72. The number of anilines is 1. The highest BCUT2D eigenvalue weighted by atomic mass is 32.2. The second kappa shape index (κ2) is 4.98. The average Bonchev–Trinajstić information content (AvgIpc) is 2.71. The molecule has 2 N–H and O–H groups in total. The van der Waals surface area contributed by atoms with E-state index in [1.54, 1.807) is 11.8 Å². The first-order valence-corrected chi connectivity index (χ1v) is 7.58. The standard InChI is InChI=1S/C15H17N3OS/c1-8-4-6-11(7-5-8)13-12-9(2)17-18-14(12)16-15(19)10(3)20-13/h4-7,10,13H,1-3H3,(H2,16,17,18,19)/t10-,13+/m0/s1. The van der Waals surface area contributed by atoms with Gasteiger partial charge in [-0.3, -0.25) is 9.89 Å². The molecule has 2 atom stereocenters. The van der Waals surface area contributed by atoms with Crippen LogP contribution < -0.4 is 5.32 Å². The first-order valence-electron chi connectivity index (χ1n) is 6.64. The SMILES string of the molecule is Cc1ccc([C@H]2S[C@@H](C)C(=O)Nc3n[nH]c(C)c32)cc1. The summed E-state index contributed by atoms with van der Waals surface area (Å²) in [6.45, 7) is 6.01. The largest absolute Gasteiger partial charge is 0.308 e. The summed E-state index contributed by atoms with van der Waals surface area (Å²) >= 11 is 1.66. The monoisotopic (exact) mass is 287 g/mol. The van der Waals surface area contributed by atoms with Crippen LogP contribution in [0.3, 0.4) is 0 Å². The molecule has 1 aromatic heterocycles. The Kier molecular flexibility index (Phi) is 3.30. The molecule has 0 bridgehead atoms. The number of thioether (sulfide) groups is 1. The molecule has 3 rings (SSSR count). The third-order valence-electron chi connectivity index (χ3n) is 3.59. The first-order chi connectivity index (χ1) is 9.56. The summed E-state index contributed by atoms with van der Waals surface area (Å²) in [5.41, 5.74) is 4.53. The number of carbonyl (C=O) groups is 1. The normalized spacial score (nSPS) is 22.1. The van der Waals surface area contributed by atoms with E-state index in [1.165, 1.54) is 11.1 Å². The van der Waals surface area contributed by atoms with Crippen LogP contribution in [0, 0.1) is 13.8 Å². The summed E-state index contributed by atoms with van der Waals surface area (Å²) in [6, 6.07) is 8.48. The lowest BCUT2D eigenvalue weighted by molar-refractivity contribution is -0.115. The number of nitrogens with one attached hydrogen (secondary N) is 2. The summed E-state index contributed by atoms with van der Waals surface area (Å²) in [5, 5.41) is 10.1. The Morgan fingerprint density at radius 2 is 1.90 bits per heavy atom. The van der Waals surface area contributed by atoms with Crippen LogP contribution in [0.4, 0.5) is 5.82 Å². The van der Waals surface area contributed by atoms with Gasteiger partial charge in [-0.15, -0.1) is 11.8 Å². The summed E-state index contributed by atoms with van der Waals surface area (Å²) in [7, 11) is 0. The zero-order valence-electron chi connectivity index (χ0n) is 11.7. The van der Waals surface area contributed by atoms with Crippen LogP contribution in [0.25, 0.3) is 0 Å². The minimum Gasteiger partial charge on any atom is -0.308 e. The maximum Gasteiger partial charge on any atom is 0.238 e. The number of hydrogen-bond donors (Lipinski definition) is 2. The molecule has 5 heteroatoms. The van der Waals surface area contributed by atoms with Crippen LogP contribution in [0.2, 0.25) is 0 Å². The minimum atomic E-state index is -0.102. The molecule has 1 aromatic carbocycles. The molecule has 0 radical (unpaired) electrons. The Balaban J connectivity index is 2.10. The molecule has 104 valence electrons. The Morgan fingerprint density at radius 1 is 1.20 bits per heavy atom. The second-order valence-corrected chi connectivity index (χ2v) is 6.62. The smallest absolute Gasteiger partial charge is 0.238 e. The summed E-state index contributed by atoms with van der Waals surface area (Å²) in [5.74, 6) is 0.673. The highest BCUT2D eigenvalue weighted by Crippen LogP contribution is 2.44. The molecule has 1 amide bonds. The topological polar surface area (TPSA) is 57.8 Å². The van der Waals surface area contributed by atoms with Crippen LogP contribution in [0.1, 0.15) is 34.6 Å². The zero-order chi connectivity index (χ0) is 14.3. The number of nitrogens with zero attached hydrogens (tertiary/aromatic N) is 1. The van der Waals surface area contributed by atoms with E-state index in [2.05, 4.69) is 46.7 Å². The molecule has 4 nitrogen and oxygen atoms in total. The van der Waals surface area contributed by atoms with Gasteiger partial charge >= 0.3 is 0 Å². The lowest BCUT2D eigenvalue weighted by Crippen LogP contribution is -2.21. The molecule has 0 saturated carbocycles. The lowest BCUT2D eigenvalue weighted by Gasteiger charge is -2.17. The second-order valence-electron chi connectivity index (χ2n) is 5.17. The van der Waals surface area contributed by atoms with Gasteiger partial charge in [0.1, 0.15) is 0 Å². The lowest BCUT2D eigenvalue weighted by atomic mass is 10.0. The van der Waals surface area contributed by atoms with E-state index in [-0.39, 0.29) is 16.4 Å². The predicted molar refractivity (Wildman–Crippen MR) is 82.0 cm³/mol. The van der Waals surface area contributed by atoms with Crippen LogP contribution in [-0.2, 0) is 4.79 Å². The van der Waals surface area contributed by atoms with E-state index >= 15 is 0 Å². The fraction of sp³-hybridized carbons (Fsp3) is 0.333. The third kappa shape index (κ3) is 2.22. The van der Waals surface area contributed by atoms with Crippen LogP contribution in [0.5, 0.6) is 0 Å². The number of carbonyl (C=O) groups excluding carboxylic acids is 1. The molecule has 0 aliphatic carbocycles. The quantitative estimate of drug-likeness (QED) is 0.847. The van der Waals surface area contributed by atoms with E-state index in [9.17, 15) is 4.79 Å². The van der Waals surface area contributed by atoms with E-state index in [0.717, 1.165) is 11.3 Å². The van der Waals surface area contributed by atoms with Crippen molar-refractivity contribution in [2.24, 2.45) is 0 Å². The van der Waals surface area contributed by atoms with Gasteiger partial charge in [-0.2, -0.15) is 5.10 Å². The Labute approximate surface area is 122 Å². The van der Waals surface area contributed by atoms with Crippen molar-refractivity contribution in [2.45, 2.75) is 31.3 Å². The van der Waals surface area contributed by atoms with Crippen LogP contribution in [0.15, 0.2) is 24.3 Å². The van der Waals surface area contributed by atoms with E-state index in [0.29, 0.717) is 5.82 Å². The van der Waals surface area contributed by atoms with Gasteiger partial charge in [-0.1, -0.05) is 29.8 Å². The molecule has 0 saturated heterocycles. The van der Waals surface area contributed by atoms with Crippen molar-refractivity contribution in [1.29, 1.82) is 0 Å². The fourth-order valence-electron chi connectivity index (χ4n) is 2.39. The van der Waals surface area contributed by atoms with Gasteiger partial charge in [0.05, 0.1) is 10.5 Å². The Bertz CT molecular complexity index is 648. The van der Waals surface area contributed by atoms with Crippen LogP contribution >= 0.6 is 11.8 Å². The maximum atomic E-state index is 12.0. The number of H-pyrrole nitrogens is 1. The first kappa shape index (κ1) is 13.2. The van der Waals surface area contributed by atoms with Gasteiger partial charge in [0.25, 0.3) is 0 Å². The van der Waals surface area contributed by atoms with Crippen molar-refractivity contribution in [1.82, 2.24) is 10.2 Å². The molecule has 20 heavy (non-hydrogen) atoms.